The third kappa shape index (κ3) is 3.65. The van der Waals surface area contributed by atoms with Crippen LogP contribution >= 0.6 is 0 Å². The number of hydrogen-bond acceptors (Lipinski definition) is 2. The molecule has 0 heterocycles. The molecular weight excluding hydrogens is 186 g/mol. The number of aliphatic hydroxyl groups excluding tert-OH is 1. The normalized spacial score (nSPS) is 15.0. The van der Waals surface area contributed by atoms with E-state index in [1.54, 1.807) is 6.92 Å². The van der Waals surface area contributed by atoms with Gasteiger partial charge in [-0.3, -0.25) is 0 Å². The van der Waals surface area contributed by atoms with Crippen molar-refractivity contribution in [2.45, 2.75) is 39.8 Å². The molecule has 0 aliphatic rings. The number of aryl methyl sites for hydroxylation is 2. The summed E-state index contributed by atoms with van der Waals surface area (Å²) in [6, 6.07) is 6.77. The average Bonchev–Trinajstić information content (AvgIpc) is 2.14. The molecule has 1 aromatic rings. The Labute approximate surface area is 92.3 Å². The average molecular weight is 207 g/mol. The van der Waals surface area contributed by atoms with E-state index in [9.17, 15) is 5.11 Å². The van der Waals surface area contributed by atoms with Crippen LogP contribution in [-0.2, 0) is 0 Å². The van der Waals surface area contributed by atoms with Crippen molar-refractivity contribution in [2.24, 2.45) is 0 Å². The second kappa shape index (κ2) is 5.29. The Bertz CT molecular complexity index is 320. The summed E-state index contributed by atoms with van der Waals surface area (Å²) in [4.78, 5) is 0. The Morgan fingerprint density at radius 2 is 1.93 bits per heavy atom. The molecule has 0 bridgehead atoms. The van der Waals surface area contributed by atoms with E-state index in [0.29, 0.717) is 12.6 Å². The minimum Gasteiger partial charge on any atom is -0.392 e. The zero-order valence-corrected chi connectivity index (χ0v) is 10.0. The Kier molecular flexibility index (Phi) is 4.30. The van der Waals surface area contributed by atoms with Gasteiger partial charge >= 0.3 is 0 Å². The van der Waals surface area contributed by atoms with Crippen LogP contribution in [0.3, 0.4) is 0 Å². The molecule has 1 rings (SSSR count). The molecule has 0 aliphatic carbocycles. The van der Waals surface area contributed by atoms with Crippen LogP contribution in [0, 0.1) is 13.8 Å². The number of aliphatic hydroxyl groups is 1. The van der Waals surface area contributed by atoms with E-state index in [1.165, 1.54) is 16.7 Å². The van der Waals surface area contributed by atoms with Crippen molar-refractivity contribution in [1.82, 2.24) is 5.32 Å². The first-order chi connectivity index (χ1) is 7.00. The van der Waals surface area contributed by atoms with Crippen molar-refractivity contribution in [1.29, 1.82) is 0 Å². The smallest absolute Gasteiger partial charge is 0.0636 e. The summed E-state index contributed by atoms with van der Waals surface area (Å²) in [6.45, 7) is 8.78. The van der Waals surface area contributed by atoms with E-state index < -0.39 is 0 Å². The van der Waals surface area contributed by atoms with Crippen LogP contribution in [-0.4, -0.2) is 17.8 Å². The first-order valence-corrected chi connectivity index (χ1v) is 5.49. The molecule has 0 fully saturated rings. The fourth-order valence-electron chi connectivity index (χ4n) is 1.77. The van der Waals surface area contributed by atoms with Gasteiger partial charge in [0.15, 0.2) is 0 Å². The predicted octanol–water partition coefficient (Wildman–Crippen LogP) is 2.33. The molecule has 0 saturated carbocycles. The first kappa shape index (κ1) is 12.2. The van der Waals surface area contributed by atoms with Gasteiger partial charge in [0.1, 0.15) is 0 Å². The summed E-state index contributed by atoms with van der Waals surface area (Å²) in [6.07, 6.45) is -0.293. The molecule has 0 radical (unpaired) electrons. The lowest BCUT2D eigenvalue weighted by Crippen LogP contribution is -2.27. The molecule has 2 N–H and O–H groups in total. The number of benzene rings is 1. The Balaban J connectivity index is 2.69. The standard InChI is InChI=1S/C13H21NO/c1-9-5-6-13(10(2)7-9)12(4)14-8-11(3)15/h5-7,11-12,14-15H,8H2,1-4H3/t11-,12?/m1/s1. The van der Waals surface area contributed by atoms with Crippen molar-refractivity contribution in [3.05, 3.63) is 34.9 Å². The van der Waals surface area contributed by atoms with Crippen LogP contribution in [0.25, 0.3) is 0 Å². The Morgan fingerprint density at radius 3 is 2.47 bits per heavy atom. The highest BCUT2D eigenvalue weighted by molar-refractivity contribution is 5.32. The first-order valence-electron chi connectivity index (χ1n) is 5.49. The number of hydrogen-bond donors (Lipinski definition) is 2. The lowest BCUT2D eigenvalue weighted by Gasteiger charge is -2.18. The third-order valence-corrected chi connectivity index (χ3v) is 2.61. The molecule has 2 heteroatoms. The van der Waals surface area contributed by atoms with Crippen LogP contribution in [0.5, 0.6) is 0 Å². The summed E-state index contributed by atoms with van der Waals surface area (Å²) in [7, 11) is 0. The molecule has 1 unspecified atom stereocenters. The maximum absolute atomic E-state index is 9.20. The lowest BCUT2D eigenvalue weighted by molar-refractivity contribution is 0.187. The lowest BCUT2D eigenvalue weighted by atomic mass is 10.0. The summed E-state index contributed by atoms with van der Waals surface area (Å²) in [5.41, 5.74) is 3.90. The van der Waals surface area contributed by atoms with E-state index in [-0.39, 0.29) is 6.10 Å². The van der Waals surface area contributed by atoms with Gasteiger partial charge in [-0.25, -0.2) is 0 Å². The van der Waals surface area contributed by atoms with Crippen LogP contribution in [0.15, 0.2) is 18.2 Å². The van der Waals surface area contributed by atoms with Crippen molar-refractivity contribution < 1.29 is 5.11 Å². The molecule has 15 heavy (non-hydrogen) atoms. The zero-order valence-electron chi connectivity index (χ0n) is 10.0. The monoisotopic (exact) mass is 207 g/mol. The molecule has 0 aromatic heterocycles. The van der Waals surface area contributed by atoms with Gasteiger partial charge in [-0.05, 0) is 38.8 Å². The molecule has 2 nitrogen and oxygen atoms in total. The van der Waals surface area contributed by atoms with Crippen molar-refractivity contribution in [3.8, 4) is 0 Å². The molecule has 0 spiro atoms. The highest BCUT2D eigenvalue weighted by Crippen LogP contribution is 2.18. The van der Waals surface area contributed by atoms with Gasteiger partial charge in [-0.2, -0.15) is 0 Å². The van der Waals surface area contributed by atoms with Crippen LogP contribution in [0.4, 0.5) is 0 Å². The molecule has 2 atom stereocenters. The van der Waals surface area contributed by atoms with Gasteiger partial charge in [0.05, 0.1) is 6.10 Å². The minimum atomic E-state index is -0.293. The molecule has 84 valence electrons. The van der Waals surface area contributed by atoms with Crippen molar-refractivity contribution in [2.75, 3.05) is 6.54 Å². The third-order valence-electron chi connectivity index (χ3n) is 2.61. The second-order valence-electron chi connectivity index (χ2n) is 4.34. The molecule has 0 amide bonds. The molecule has 1 aromatic carbocycles. The highest BCUT2D eigenvalue weighted by Gasteiger charge is 2.08. The molecular formula is C13H21NO. The predicted molar refractivity (Wildman–Crippen MR) is 64.0 cm³/mol. The summed E-state index contributed by atoms with van der Waals surface area (Å²) >= 11 is 0. The van der Waals surface area contributed by atoms with E-state index in [0.717, 1.165) is 0 Å². The number of rotatable bonds is 4. The van der Waals surface area contributed by atoms with E-state index in [4.69, 9.17) is 0 Å². The van der Waals surface area contributed by atoms with Crippen LogP contribution in [0.2, 0.25) is 0 Å². The highest BCUT2D eigenvalue weighted by atomic mass is 16.3. The Morgan fingerprint density at radius 1 is 1.27 bits per heavy atom. The minimum absolute atomic E-state index is 0.292. The van der Waals surface area contributed by atoms with Crippen LogP contribution < -0.4 is 5.32 Å². The van der Waals surface area contributed by atoms with E-state index >= 15 is 0 Å². The molecule has 0 saturated heterocycles. The van der Waals surface area contributed by atoms with Gasteiger partial charge < -0.3 is 10.4 Å². The summed E-state index contributed by atoms with van der Waals surface area (Å²) in [5, 5.41) is 12.5. The van der Waals surface area contributed by atoms with Gasteiger partial charge in [0.2, 0.25) is 0 Å². The SMILES string of the molecule is Cc1ccc(C(C)NC[C@@H](C)O)c(C)c1. The molecule has 0 aliphatic heterocycles. The maximum atomic E-state index is 9.20. The fourth-order valence-corrected chi connectivity index (χ4v) is 1.77. The largest absolute Gasteiger partial charge is 0.392 e. The maximum Gasteiger partial charge on any atom is 0.0636 e. The van der Waals surface area contributed by atoms with Crippen molar-refractivity contribution >= 4 is 0 Å². The Hall–Kier alpha value is -0.860. The topological polar surface area (TPSA) is 32.3 Å². The summed E-state index contributed by atoms with van der Waals surface area (Å²) < 4.78 is 0. The van der Waals surface area contributed by atoms with E-state index in [1.807, 2.05) is 0 Å². The quantitative estimate of drug-likeness (QED) is 0.794. The van der Waals surface area contributed by atoms with E-state index in [2.05, 4.69) is 44.3 Å². The summed E-state index contributed by atoms with van der Waals surface area (Å²) in [5.74, 6) is 0. The van der Waals surface area contributed by atoms with Gasteiger partial charge in [0, 0.05) is 12.6 Å². The second-order valence-corrected chi connectivity index (χ2v) is 4.34. The fraction of sp³-hybridized carbons (Fsp3) is 0.538. The van der Waals surface area contributed by atoms with Crippen LogP contribution in [0.1, 0.15) is 36.6 Å². The van der Waals surface area contributed by atoms with Gasteiger partial charge in [-0.15, -0.1) is 0 Å². The number of nitrogens with one attached hydrogen (secondary N) is 1. The van der Waals surface area contributed by atoms with Gasteiger partial charge in [0.25, 0.3) is 0 Å². The zero-order chi connectivity index (χ0) is 11.4. The van der Waals surface area contributed by atoms with Gasteiger partial charge in [-0.1, -0.05) is 23.8 Å². The van der Waals surface area contributed by atoms with Crippen molar-refractivity contribution in [3.63, 3.8) is 0 Å².